The molecule has 20 heavy (non-hydrogen) atoms. The van der Waals surface area contributed by atoms with E-state index in [4.69, 9.17) is 23.1 Å². The van der Waals surface area contributed by atoms with Crippen molar-refractivity contribution in [3.05, 3.63) is 29.3 Å². The van der Waals surface area contributed by atoms with Gasteiger partial charge in [-0.05, 0) is 43.9 Å². The Morgan fingerprint density at radius 2 is 1.90 bits per heavy atom. The number of aromatic nitrogens is 1. The average molecular weight is 291 g/mol. The molecule has 0 unspecified atom stereocenters. The largest absolute Gasteiger partial charge is 0.384 e. The number of fused-ring (bicyclic) bond motifs is 1. The van der Waals surface area contributed by atoms with Crippen molar-refractivity contribution in [1.29, 1.82) is 0 Å². The molecule has 1 fully saturated rings. The Balaban J connectivity index is 1.90. The molecule has 0 amide bonds. The third-order valence-corrected chi connectivity index (χ3v) is 4.16. The number of hydrogen-bond donors (Lipinski definition) is 3. The van der Waals surface area contributed by atoms with E-state index in [-0.39, 0.29) is 0 Å². The molecule has 1 aliphatic carbocycles. The van der Waals surface area contributed by atoms with Gasteiger partial charge in [-0.15, -0.1) is 0 Å². The normalized spacial score (nSPS) is 22.9. The van der Waals surface area contributed by atoms with Crippen LogP contribution in [0.25, 0.3) is 10.9 Å². The van der Waals surface area contributed by atoms with E-state index in [9.17, 15) is 0 Å². The van der Waals surface area contributed by atoms with Crippen molar-refractivity contribution < 1.29 is 0 Å². The van der Waals surface area contributed by atoms with Crippen molar-refractivity contribution in [3.63, 3.8) is 0 Å². The van der Waals surface area contributed by atoms with Gasteiger partial charge >= 0.3 is 0 Å². The van der Waals surface area contributed by atoms with Gasteiger partial charge in [0.1, 0.15) is 5.82 Å². The number of pyridine rings is 1. The van der Waals surface area contributed by atoms with Crippen LogP contribution in [0.4, 0.5) is 11.5 Å². The molecule has 4 nitrogen and oxygen atoms in total. The predicted octanol–water partition coefficient (Wildman–Crippen LogP) is 3.15. The molecule has 1 aliphatic rings. The minimum absolute atomic E-state index is 0.353. The fourth-order valence-corrected chi connectivity index (χ4v) is 2.99. The molecule has 0 bridgehead atoms. The third-order valence-electron chi connectivity index (χ3n) is 3.92. The van der Waals surface area contributed by atoms with Gasteiger partial charge in [-0.2, -0.15) is 0 Å². The maximum absolute atomic E-state index is 6.02. The van der Waals surface area contributed by atoms with E-state index in [1.165, 1.54) is 0 Å². The molecule has 0 spiro atoms. The topological polar surface area (TPSA) is 77.0 Å². The maximum Gasteiger partial charge on any atom is 0.126 e. The lowest BCUT2D eigenvalue weighted by atomic mass is 9.91. The third kappa shape index (κ3) is 2.81. The predicted molar refractivity (Wildman–Crippen MR) is 85.0 cm³/mol. The van der Waals surface area contributed by atoms with E-state index in [0.717, 1.165) is 42.3 Å². The Labute approximate surface area is 123 Å². The molecule has 3 rings (SSSR count). The summed E-state index contributed by atoms with van der Waals surface area (Å²) in [7, 11) is 0. The van der Waals surface area contributed by atoms with Gasteiger partial charge in [0.15, 0.2) is 0 Å². The zero-order valence-electron chi connectivity index (χ0n) is 11.3. The Kier molecular flexibility index (Phi) is 3.68. The monoisotopic (exact) mass is 290 g/mol. The molecule has 5 heteroatoms. The number of nitrogens with one attached hydrogen (secondary N) is 1. The van der Waals surface area contributed by atoms with Gasteiger partial charge in [-0.3, -0.25) is 0 Å². The maximum atomic E-state index is 6.02. The first kappa shape index (κ1) is 13.5. The van der Waals surface area contributed by atoms with Crippen LogP contribution in [-0.4, -0.2) is 17.1 Å². The Morgan fingerprint density at radius 3 is 2.65 bits per heavy atom. The number of anilines is 2. The molecule has 106 valence electrons. The summed E-state index contributed by atoms with van der Waals surface area (Å²) in [5, 5.41) is 5.31. The first-order valence-electron chi connectivity index (χ1n) is 7.00. The van der Waals surface area contributed by atoms with Crippen molar-refractivity contribution in [2.75, 3.05) is 11.1 Å². The molecule has 0 radical (unpaired) electrons. The summed E-state index contributed by atoms with van der Waals surface area (Å²) in [6, 6.07) is 8.41. The molecule has 1 aromatic heterocycles. The number of nitrogen functional groups attached to an aromatic ring is 1. The van der Waals surface area contributed by atoms with Gasteiger partial charge in [0, 0.05) is 34.2 Å². The van der Waals surface area contributed by atoms with Crippen LogP contribution in [0, 0.1) is 0 Å². The van der Waals surface area contributed by atoms with Gasteiger partial charge in [-0.1, -0.05) is 11.6 Å². The molecule has 1 saturated carbocycles. The summed E-state index contributed by atoms with van der Waals surface area (Å²) in [5.41, 5.74) is 13.7. The van der Waals surface area contributed by atoms with E-state index in [2.05, 4.69) is 10.3 Å². The quantitative estimate of drug-likeness (QED) is 0.794. The van der Waals surface area contributed by atoms with Crippen molar-refractivity contribution in [1.82, 2.24) is 4.98 Å². The molecule has 1 aromatic carbocycles. The van der Waals surface area contributed by atoms with Crippen LogP contribution in [0.2, 0.25) is 5.02 Å². The highest BCUT2D eigenvalue weighted by Crippen LogP contribution is 2.29. The Bertz CT molecular complexity index is 615. The smallest absolute Gasteiger partial charge is 0.126 e. The summed E-state index contributed by atoms with van der Waals surface area (Å²) in [4.78, 5) is 4.34. The minimum atomic E-state index is 0.353. The zero-order valence-corrected chi connectivity index (χ0v) is 12.0. The van der Waals surface area contributed by atoms with Crippen LogP contribution in [0.3, 0.4) is 0 Å². The van der Waals surface area contributed by atoms with Crippen LogP contribution in [0.15, 0.2) is 24.3 Å². The number of nitrogens with two attached hydrogens (primary N) is 2. The lowest BCUT2D eigenvalue weighted by molar-refractivity contribution is 0.411. The van der Waals surface area contributed by atoms with Crippen LogP contribution in [0.1, 0.15) is 25.7 Å². The van der Waals surface area contributed by atoms with Gasteiger partial charge in [0.2, 0.25) is 0 Å². The Hall–Kier alpha value is -1.52. The first-order valence-corrected chi connectivity index (χ1v) is 7.37. The zero-order chi connectivity index (χ0) is 14.1. The van der Waals surface area contributed by atoms with Gasteiger partial charge in [0.25, 0.3) is 0 Å². The second-order valence-electron chi connectivity index (χ2n) is 5.51. The number of benzene rings is 1. The lowest BCUT2D eigenvalue weighted by Gasteiger charge is -2.28. The molecule has 1 heterocycles. The number of rotatable bonds is 2. The summed E-state index contributed by atoms with van der Waals surface area (Å²) in [6.45, 7) is 0. The van der Waals surface area contributed by atoms with Gasteiger partial charge in [-0.25, -0.2) is 4.98 Å². The van der Waals surface area contributed by atoms with Crippen molar-refractivity contribution in [3.8, 4) is 0 Å². The molecular formula is C15H19ClN4. The summed E-state index contributed by atoms with van der Waals surface area (Å²) >= 11 is 6.02. The molecular weight excluding hydrogens is 272 g/mol. The number of nitrogens with zero attached hydrogens (tertiary/aromatic N) is 1. The number of hydrogen-bond acceptors (Lipinski definition) is 4. The molecule has 0 aliphatic heterocycles. The van der Waals surface area contributed by atoms with Crippen molar-refractivity contribution in [2.45, 2.75) is 37.8 Å². The van der Waals surface area contributed by atoms with Crippen LogP contribution in [-0.2, 0) is 0 Å². The van der Waals surface area contributed by atoms with Crippen LogP contribution >= 0.6 is 11.6 Å². The lowest BCUT2D eigenvalue weighted by Crippen LogP contribution is -2.32. The number of halogens is 1. The summed E-state index contributed by atoms with van der Waals surface area (Å²) in [5.74, 6) is 0.509. The summed E-state index contributed by atoms with van der Waals surface area (Å²) < 4.78 is 0. The van der Waals surface area contributed by atoms with Crippen molar-refractivity contribution >= 4 is 34.0 Å². The standard InChI is InChI=1S/C15H19ClN4/c16-9-1-6-12-13(7-9)20-15(18)8-14(12)19-11-4-2-10(17)3-5-11/h1,6-8,10-11H,2-5,17H2,(H3,18,19,20)/t10-,11+. The van der Waals surface area contributed by atoms with Crippen LogP contribution in [0.5, 0.6) is 0 Å². The van der Waals surface area contributed by atoms with Gasteiger partial charge in [0.05, 0.1) is 5.52 Å². The first-order chi connectivity index (χ1) is 9.61. The van der Waals surface area contributed by atoms with Crippen LogP contribution < -0.4 is 16.8 Å². The highest BCUT2D eigenvalue weighted by atomic mass is 35.5. The van der Waals surface area contributed by atoms with Gasteiger partial charge < -0.3 is 16.8 Å². The van der Waals surface area contributed by atoms with E-state index >= 15 is 0 Å². The fraction of sp³-hybridized carbons (Fsp3) is 0.400. The van der Waals surface area contributed by atoms with E-state index in [1.807, 2.05) is 24.3 Å². The van der Waals surface area contributed by atoms with E-state index < -0.39 is 0 Å². The Morgan fingerprint density at radius 1 is 1.15 bits per heavy atom. The minimum Gasteiger partial charge on any atom is -0.384 e. The molecule has 5 N–H and O–H groups in total. The second-order valence-corrected chi connectivity index (χ2v) is 5.95. The van der Waals surface area contributed by atoms with E-state index in [1.54, 1.807) is 0 Å². The summed E-state index contributed by atoms with van der Waals surface area (Å²) in [6.07, 6.45) is 4.33. The van der Waals surface area contributed by atoms with Crippen molar-refractivity contribution in [2.24, 2.45) is 5.73 Å². The second kappa shape index (κ2) is 5.46. The highest BCUT2D eigenvalue weighted by molar-refractivity contribution is 6.31. The average Bonchev–Trinajstić information content (AvgIpc) is 2.40. The highest BCUT2D eigenvalue weighted by Gasteiger charge is 2.19. The fourth-order valence-electron chi connectivity index (χ4n) is 2.82. The van der Waals surface area contributed by atoms with E-state index in [0.29, 0.717) is 22.9 Å². The molecule has 0 saturated heterocycles. The molecule has 2 aromatic rings. The molecule has 0 atom stereocenters. The SMILES string of the molecule is Nc1cc(N[C@H]2CC[C@@H](N)CC2)c2ccc(Cl)cc2n1.